The molecule has 0 fully saturated rings. The molecule has 23 heavy (non-hydrogen) atoms. The van der Waals surface area contributed by atoms with E-state index in [9.17, 15) is 10.1 Å². The van der Waals surface area contributed by atoms with Crippen molar-refractivity contribution < 1.29 is 9.66 Å². The van der Waals surface area contributed by atoms with Crippen molar-refractivity contribution in [2.24, 2.45) is 7.05 Å². The summed E-state index contributed by atoms with van der Waals surface area (Å²) in [5, 5.41) is 15.2. The summed E-state index contributed by atoms with van der Waals surface area (Å²) in [7, 11) is 1.60. The minimum atomic E-state index is -0.497. The zero-order valence-electron chi connectivity index (χ0n) is 12.6. The number of benzene rings is 1. The molecule has 0 radical (unpaired) electrons. The van der Waals surface area contributed by atoms with E-state index in [1.807, 2.05) is 30.3 Å². The fourth-order valence-electron chi connectivity index (χ4n) is 2.28. The Kier molecular flexibility index (Phi) is 3.76. The second kappa shape index (κ2) is 5.88. The molecule has 7 nitrogen and oxygen atoms in total. The van der Waals surface area contributed by atoms with Crippen LogP contribution in [0.5, 0.6) is 11.6 Å². The van der Waals surface area contributed by atoms with Gasteiger partial charge in [0.2, 0.25) is 0 Å². The number of ether oxygens (including phenoxy) is 1. The fourth-order valence-corrected chi connectivity index (χ4v) is 2.28. The second-order valence-corrected chi connectivity index (χ2v) is 4.97. The van der Waals surface area contributed by atoms with Crippen molar-refractivity contribution in [2.75, 3.05) is 0 Å². The van der Waals surface area contributed by atoms with E-state index in [4.69, 9.17) is 4.74 Å². The number of nitrogens with zero attached hydrogens (tertiary/aromatic N) is 4. The average molecular weight is 310 g/mol. The van der Waals surface area contributed by atoms with Crippen LogP contribution in [0, 0.1) is 17.0 Å². The Bertz CT molecular complexity index is 842. The van der Waals surface area contributed by atoms with Crippen molar-refractivity contribution >= 4 is 5.69 Å². The van der Waals surface area contributed by atoms with Crippen LogP contribution >= 0.6 is 0 Å². The molecular weight excluding hydrogens is 296 g/mol. The zero-order valence-corrected chi connectivity index (χ0v) is 12.6. The van der Waals surface area contributed by atoms with E-state index >= 15 is 0 Å². The van der Waals surface area contributed by atoms with Crippen molar-refractivity contribution in [2.45, 2.75) is 6.92 Å². The van der Waals surface area contributed by atoms with E-state index in [2.05, 4.69) is 10.1 Å². The molecule has 0 unspecified atom stereocenters. The van der Waals surface area contributed by atoms with Gasteiger partial charge in [-0.05, 0) is 19.1 Å². The number of rotatable bonds is 4. The third kappa shape index (κ3) is 2.89. The van der Waals surface area contributed by atoms with E-state index < -0.39 is 4.92 Å². The number of hydrogen-bond acceptors (Lipinski definition) is 5. The lowest BCUT2D eigenvalue weighted by atomic mass is 10.1. The van der Waals surface area contributed by atoms with Crippen LogP contribution < -0.4 is 4.74 Å². The highest BCUT2D eigenvalue weighted by molar-refractivity contribution is 5.59. The number of hydrogen-bond donors (Lipinski definition) is 0. The summed E-state index contributed by atoms with van der Waals surface area (Å²) >= 11 is 0. The average Bonchev–Trinajstić information content (AvgIpc) is 2.83. The molecule has 116 valence electrons. The standard InChI is InChI=1S/C16H14N4O3/c1-11-15(20(21)22)16(19(2)18-11)23-13-8-9-14(17-10-13)12-6-4-3-5-7-12/h3-10H,1-2H3. The Morgan fingerprint density at radius 1 is 1.17 bits per heavy atom. The normalized spacial score (nSPS) is 10.5. The fraction of sp³-hybridized carbons (Fsp3) is 0.125. The first-order chi connectivity index (χ1) is 11.1. The van der Waals surface area contributed by atoms with Gasteiger partial charge in [-0.15, -0.1) is 0 Å². The molecule has 0 aliphatic rings. The van der Waals surface area contributed by atoms with Crippen molar-refractivity contribution in [3.8, 4) is 22.9 Å². The lowest BCUT2D eigenvalue weighted by Crippen LogP contribution is -1.98. The molecule has 2 heterocycles. The molecule has 2 aromatic heterocycles. The van der Waals surface area contributed by atoms with Crippen molar-refractivity contribution in [3.05, 3.63) is 64.5 Å². The second-order valence-electron chi connectivity index (χ2n) is 4.97. The van der Waals surface area contributed by atoms with Gasteiger partial charge in [0.05, 0.1) is 16.8 Å². The van der Waals surface area contributed by atoms with Gasteiger partial charge in [0.25, 0.3) is 5.88 Å². The van der Waals surface area contributed by atoms with E-state index in [0.717, 1.165) is 11.3 Å². The van der Waals surface area contributed by atoms with Gasteiger partial charge in [-0.2, -0.15) is 5.10 Å². The van der Waals surface area contributed by atoms with Crippen LogP contribution in [0.25, 0.3) is 11.3 Å². The minimum absolute atomic E-state index is 0.0850. The first kappa shape index (κ1) is 14.7. The van der Waals surface area contributed by atoms with Gasteiger partial charge in [0.1, 0.15) is 11.4 Å². The minimum Gasteiger partial charge on any atom is -0.432 e. The van der Waals surface area contributed by atoms with Gasteiger partial charge in [0.15, 0.2) is 0 Å². The Morgan fingerprint density at radius 2 is 1.91 bits per heavy atom. The van der Waals surface area contributed by atoms with Gasteiger partial charge in [-0.3, -0.25) is 15.1 Å². The predicted octanol–water partition coefficient (Wildman–Crippen LogP) is 3.49. The summed E-state index contributed by atoms with van der Waals surface area (Å²) in [5.74, 6) is 0.498. The molecule has 0 atom stereocenters. The van der Waals surface area contributed by atoms with E-state index in [1.54, 1.807) is 26.1 Å². The number of aryl methyl sites for hydroxylation is 2. The monoisotopic (exact) mass is 310 g/mol. The summed E-state index contributed by atoms with van der Waals surface area (Å²) in [6, 6.07) is 13.2. The highest BCUT2D eigenvalue weighted by Gasteiger charge is 2.26. The molecule has 3 rings (SSSR count). The molecule has 3 aromatic rings. The van der Waals surface area contributed by atoms with Crippen LogP contribution in [0.15, 0.2) is 48.7 Å². The van der Waals surface area contributed by atoms with Gasteiger partial charge in [0, 0.05) is 12.6 Å². The van der Waals surface area contributed by atoms with Gasteiger partial charge >= 0.3 is 5.69 Å². The molecule has 0 saturated carbocycles. The summed E-state index contributed by atoms with van der Waals surface area (Å²) in [6.45, 7) is 1.57. The third-order valence-corrected chi connectivity index (χ3v) is 3.34. The van der Waals surface area contributed by atoms with Crippen LogP contribution in [0.3, 0.4) is 0 Å². The van der Waals surface area contributed by atoms with E-state index in [-0.39, 0.29) is 11.6 Å². The largest absolute Gasteiger partial charge is 0.432 e. The lowest BCUT2D eigenvalue weighted by molar-refractivity contribution is -0.386. The van der Waals surface area contributed by atoms with Gasteiger partial charge in [-0.25, -0.2) is 4.68 Å². The molecule has 0 amide bonds. The molecule has 1 aromatic carbocycles. The van der Waals surface area contributed by atoms with Crippen molar-refractivity contribution in [1.29, 1.82) is 0 Å². The quantitative estimate of drug-likeness (QED) is 0.544. The summed E-state index contributed by atoms with van der Waals surface area (Å²) < 4.78 is 6.96. The van der Waals surface area contributed by atoms with Gasteiger partial charge < -0.3 is 4.74 Å². The van der Waals surface area contributed by atoms with E-state index in [0.29, 0.717) is 11.4 Å². The summed E-state index contributed by atoms with van der Waals surface area (Å²) in [4.78, 5) is 15.0. The number of pyridine rings is 1. The molecule has 7 heteroatoms. The molecule has 0 N–H and O–H groups in total. The van der Waals surface area contributed by atoms with Crippen LogP contribution in [0.1, 0.15) is 5.69 Å². The third-order valence-electron chi connectivity index (χ3n) is 3.34. The van der Waals surface area contributed by atoms with Gasteiger partial charge in [-0.1, -0.05) is 30.3 Å². The lowest BCUT2D eigenvalue weighted by Gasteiger charge is -2.06. The molecule has 0 saturated heterocycles. The Labute approximate surface area is 132 Å². The first-order valence-electron chi connectivity index (χ1n) is 6.93. The smallest absolute Gasteiger partial charge is 0.353 e. The molecule has 0 spiro atoms. The Morgan fingerprint density at radius 3 is 2.52 bits per heavy atom. The molecule has 0 aliphatic carbocycles. The maximum Gasteiger partial charge on any atom is 0.353 e. The highest BCUT2D eigenvalue weighted by Crippen LogP contribution is 2.33. The number of aromatic nitrogens is 3. The Balaban J connectivity index is 1.89. The van der Waals surface area contributed by atoms with Crippen molar-refractivity contribution in [3.63, 3.8) is 0 Å². The maximum atomic E-state index is 11.1. The summed E-state index contributed by atoms with van der Waals surface area (Å²) in [5.41, 5.74) is 1.95. The van der Waals surface area contributed by atoms with E-state index in [1.165, 1.54) is 10.9 Å². The predicted molar refractivity (Wildman–Crippen MR) is 84.3 cm³/mol. The molecule has 0 bridgehead atoms. The molecular formula is C16H14N4O3. The SMILES string of the molecule is Cc1nn(C)c(Oc2ccc(-c3ccccc3)nc2)c1[N+](=O)[O-]. The van der Waals surface area contributed by atoms with Crippen molar-refractivity contribution in [1.82, 2.24) is 14.8 Å². The summed E-state index contributed by atoms with van der Waals surface area (Å²) in [6.07, 6.45) is 1.54. The topological polar surface area (TPSA) is 83.1 Å². The zero-order chi connectivity index (χ0) is 16.4. The maximum absolute atomic E-state index is 11.1. The molecule has 0 aliphatic heterocycles. The first-order valence-corrected chi connectivity index (χ1v) is 6.93. The van der Waals surface area contributed by atoms with Crippen LogP contribution in [-0.4, -0.2) is 19.7 Å². The van der Waals surface area contributed by atoms with Crippen LogP contribution in [-0.2, 0) is 7.05 Å². The Hall–Kier alpha value is -3.22. The number of nitro groups is 1. The highest BCUT2D eigenvalue weighted by atomic mass is 16.6. The van der Waals surface area contributed by atoms with Crippen LogP contribution in [0.4, 0.5) is 5.69 Å². The van der Waals surface area contributed by atoms with Crippen LogP contribution in [0.2, 0.25) is 0 Å².